The average Bonchev–Trinajstić information content (AvgIpc) is 2.74. The first-order valence-electron chi connectivity index (χ1n) is 6.19. The predicted octanol–water partition coefficient (Wildman–Crippen LogP) is 2.90. The first-order valence-corrected chi connectivity index (χ1v) is 6.72. The highest BCUT2D eigenvalue weighted by Crippen LogP contribution is 2.15. The lowest BCUT2D eigenvalue weighted by Gasteiger charge is -2.18. The summed E-state index contributed by atoms with van der Waals surface area (Å²) in [5.74, 6) is 0.805. The number of rotatable bonds is 8. The molecule has 1 fully saturated rings. The van der Waals surface area contributed by atoms with E-state index < -0.39 is 0 Å². The molecule has 0 radical (unpaired) electrons. The van der Waals surface area contributed by atoms with Gasteiger partial charge in [-0.25, -0.2) is 0 Å². The second-order valence-electron chi connectivity index (χ2n) is 4.48. The van der Waals surface area contributed by atoms with Crippen LogP contribution in [0.2, 0.25) is 0 Å². The third kappa shape index (κ3) is 6.39. The Morgan fingerprint density at radius 2 is 2.13 bits per heavy atom. The van der Waals surface area contributed by atoms with Crippen LogP contribution in [-0.4, -0.2) is 43.6 Å². The zero-order valence-electron chi connectivity index (χ0n) is 9.88. The Balaban J connectivity index is 1.90. The Morgan fingerprint density at radius 3 is 2.80 bits per heavy atom. The number of alkyl halides is 1. The summed E-state index contributed by atoms with van der Waals surface area (Å²) in [5.41, 5.74) is 0. The number of unbranched alkanes of at least 4 members (excludes halogenated alkanes) is 2. The fourth-order valence-corrected chi connectivity index (χ4v) is 2.19. The van der Waals surface area contributed by atoms with Gasteiger partial charge in [-0.2, -0.15) is 0 Å². The molecule has 1 saturated heterocycles. The van der Waals surface area contributed by atoms with Crippen molar-refractivity contribution in [2.45, 2.75) is 44.6 Å². The van der Waals surface area contributed by atoms with Gasteiger partial charge in [0.05, 0.1) is 6.10 Å². The fraction of sp³-hybridized carbons (Fsp3) is 1.00. The molecule has 0 bridgehead atoms. The van der Waals surface area contributed by atoms with Crippen LogP contribution in [0.4, 0.5) is 0 Å². The van der Waals surface area contributed by atoms with Crippen molar-refractivity contribution in [2.24, 2.45) is 0 Å². The van der Waals surface area contributed by atoms with Gasteiger partial charge in [0, 0.05) is 19.0 Å². The SMILES string of the molecule is CN(CCCCCCl)CCC1CCCO1. The summed E-state index contributed by atoms with van der Waals surface area (Å²) >= 11 is 5.63. The van der Waals surface area contributed by atoms with E-state index in [0.717, 1.165) is 18.9 Å². The van der Waals surface area contributed by atoms with E-state index >= 15 is 0 Å². The molecule has 0 aliphatic carbocycles. The van der Waals surface area contributed by atoms with Crippen LogP contribution < -0.4 is 0 Å². The van der Waals surface area contributed by atoms with Crippen LogP contribution >= 0.6 is 11.6 Å². The first kappa shape index (κ1) is 13.3. The maximum Gasteiger partial charge on any atom is 0.0588 e. The van der Waals surface area contributed by atoms with Crippen molar-refractivity contribution in [3.8, 4) is 0 Å². The molecule has 0 aromatic heterocycles. The van der Waals surface area contributed by atoms with Crippen molar-refractivity contribution < 1.29 is 4.74 Å². The van der Waals surface area contributed by atoms with Crippen LogP contribution in [0, 0.1) is 0 Å². The summed E-state index contributed by atoms with van der Waals surface area (Å²) in [6, 6.07) is 0. The van der Waals surface area contributed by atoms with Gasteiger partial charge in [-0.05, 0) is 45.7 Å². The Bertz CT molecular complexity index is 149. The van der Waals surface area contributed by atoms with Crippen LogP contribution in [0.3, 0.4) is 0 Å². The lowest BCUT2D eigenvalue weighted by atomic mass is 10.1. The third-order valence-corrected chi connectivity index (χ3v) is 3.30. The molecule has 0 aromatic carbocycles. The van der Waals surface area contributed by atoms with Crippen LogP contribution in [0.5, 0.6) is 0 Å². The largest absolute Gasteiger partial charge is 0.378 e. The molecule has 0 N–H and O–H groups in total. The molecule has 90 valence electrons. The minimum atomic E-state index is 0.537. The van der Waals surface area contributed by atoms with E-state index in [4.69, 9.17) is 16.3 Å². The van der Waals surface area contributed by atoms with Gasteiger partial charge >= 0.3 is 0 Å². The summed E-state index contributed by atoms with van der Waals surface area (Å²) in [6.45, 7) is 3.35. The van der Waals surface area contributed by atoms with Crippen LogP contribution in [0.25, 0.3) is 0 Å². The van der Waals surface area contributed by atoms with E-state index in [1.165, 1.54) is 45.2 Å². The molecule has 0 amide bonds. The standard InChI is InChI=1S/C12H24ClNO/c1-14(9-4-2-3-8-13)10-7-12-6-5-11-15-12/h12H,2-11H2,1H3. The molecule has 1 aliphatic rings. The number of hydrogen-bond acceptors (Lipinski definition) is 2. The normalized spacial score (nSPS) is 21.4. The maximum atomic E-state index is 5.63. The number of hydrogen-bond donors (Lipinski definition) is 0. The molecule has 1 atom stereocenters. The monoisotopic (exact) mass is 233 g/mol. The Morgan fingerprint density at radius 1 is 1.27 bits per heavy atom. The van der Waals surface area contributed by atoms with Gasteiger partial charge in [0.25, 0.3) is 0 Å². The van der Waals surface area contributed by atoms with Gasteiger partial charge in [0.1, 0.15) is 0 Å². The third-order valence-electron chi connectivity index (χ3n) is 3.03. The Kier molecular flexibility index (Phi) is 7.41. The summed E-state index contributed by atoms with van der Waals surface area (Å²) in [5, 5.41) is 0. The van der Waals surface area contributed by atoms with Crippen LogP contribution in [0.1, 0.15) is 38.5 Å². The van der Waals surface area contributed by atoms with Crippen LogP contribution in [0.15, 0.2) is 0 Å². The highest BCUT2D eigenvalue weighted by molar-refractivity contribution is 6.17. The van der Waals surface area contributed by atoms with Crippen molar-refractivity contribution in [1.82, 2.24) is 4.90 Å². The zero-order chi connectivity index (χ0) is 10.9. The summed E-state index contributed by atoms with van der Waals surface area (Å²) in [4.78, 5) is 2.41. The first-order chi connectivity index (χ1) is 7.33. The molecule has 0 saturated carbocycles. The molecular weight excluding hydrogens is 210 g/mol. The van der Waals surface area contributed by atoms with Crippen molar-refractivity contribution in [1.29, 1.82) is 0 Å². The van der Waals surface area contributed by atoms with E-state index in [0.29, 0.717) is 6.10 Å². The van der Waals surface area contributed by atoms with Gasteiger partial charge in [-0.3, -0.25) is 0 Å². The summed E-state index contributed by atoms with van der Waals surface area (Å²) in [6.07, 6.45) is 7.94. The van der Waals surface area contributed by atoms with Crippen LogP contribution in [-0.2, 0) is 4.74 Å². The minimum absolute atomic E-state index is 0.537. The van der Waals surface area contributed by atoms with E-state index in [1.54, 1.807) is 0 Å². The molecule has 3 heteroatoms. The molecule has 1 heterocycles. The number of ether oxygens (including phenoxy) is 1. The van der Waals surface area contributed by atoms with E-state index in [1.807, 2.05) is 0 Å². The number of halogens is 1. The topological polar surface area (TPSA) is 12.5 Å². The van der Waals surface area contributed by atoms with Gasteiger partial charge in [-0.15, -0.1) is 11.6 Å². The Labute approximate surface area is 98.9 Å². The predicted molar refractivity (Wildman–Crippen MR) is 65.7 cm³/mol. The lowest BCUT2D eigenvalue weighted by molar-refractivity contribution is 0.0949. The van der Waals surface area contributed by atoms with E-state index in [9.17, 15) is 0 Å². The van der Waals surface area contributed by atoms with Gasteiger partial charge < -0.3 is 9.64 Å². The van der Waals surface area contributed by atoms with Crippen molar-refractivity contribution in [3.63, 3.8) is 0 Å². The van der Waals surface area contributed by atoms with Crippen molar-refractivity contribution in [2.75, 3.05) is 32.6 Å². The summed E-state index contributed by atoms with van der Waals surface area (Å²) in [7, 11) is 2.20. The maximum absolute atomic E-state index is 5.63. The highest BCUT2D eigenvalue weighted by atomic mass is 35.5. The molecule has 0 aromatic rings. The van der Waals surface area contributed by atoms with Gasteiger partial charge in [-0.1, -0.05) is 6.42 Å². The van der Waals surface area contributed by atoms with Crippen molar-refractivity contribution >= 4 is 11.6 Å². The number of nitrogens with zero attached hydrogens (tertiary/aromatic N) is 1. The molecular formula is C12H24ClNO. The molecule has 1 unspecified atom stereocenters. The van der Waals surface area contributed by atoms with Crippen molar-refractivity contribution in [3.05, 3.63) is 0 Å². The smallest absolute Gasteiger partial charge is 0.0588 e. The van der Waals surface area contributed by atoms with Gasteiger partial charge in [0.15, 0.2) is 0 Å². The zero-order valence-corrected chi connectivity index (χ0v) is 10.6. The fourth-order valence-electron chi connectivity index (χ4n) is 2.00. The molecule has 2 nitrogen and oxygen atoms in total. The summed E-state index contributed by atoms with van der Waals surface area (Å²) < 4.78 is 5.60. The van der Waals surface area contributed by atoms with E-state index in [2.05, 4.69) is 11.9 Å². The molecule has 15 heavy (non-hydrogen) atoms. The van der Waals surface area contributed by atoms with E-state index in [-0.39, 0.29) is 0 Å². The quantitative estimate of drug-likeness (QED) is 0.472. The second kappa shape index (κ2) is 8.37. The second-order valence-corrected chi connectivity index (χ2v) is 4.85. The molecule has 0 spiro atoms. The van der Waals surface area contributed by atoms with Gasteiger partial charge in [0.2, 0.25) is 0 Å². The Hall–Kier alpha value is 0.210. The molecule has 1 aliphatic heterocycles. The average molecular weight is 234 g/mol. The minimum Gasteiger partial charge on any atom is -0.378 e. The molecule has 1 rings (SSSR count). The highest BCUT2D eigenvalue weighted by Gasteiger charge is 2.15. The lowest BCUT2D eigenvalue weighted by Crippen LogP contribution is -2.24.